The molecule has 1 rings (SSSR count). The largest absolute Gasteiger partial charge is 0.320 e. The summed E-state index contributed by atoms with van der Waals surface area (Å²) in [6.07, 6.45) is 3.17. The van der Waals surface area contributed by atoms with Crippen LogP contribution in [0, 0.1) is 17.8 Å². The lowest BCUT2D eigenvalue weighted by molar-refractivity contribution is -0.117. The Kier molecular flexibility index (Phi) is 5.67. The van der Waals surface area contributed by atoms with Crippen molar-refractivity contribution in [1.29, 1.82) is 0 Å². The third-order valence-corrected chi connectivity index (χ3v) is 3.12. The molecule has 1 unspecified atom stereocenters. The Bertz CT molecular complexity index is 430. The quantitative estimate of drug-likeness (QED) is 0.802. The molecule has 0 fully saturated rings. The molecule has 3 N–H and O–H groups in total. The minimum atomic E-state index is 0.00651. The summed E-state index contributed by atoms with van der Waals surface area (Å²) in [4.78, 5) is 16.5. The first-order valence-electron chi connectivity index (χ1n) is 5.60. The third kappa shape index (κ3) is 4.98. The minimum absolute atomic E-state index is 0.00651. The van der Waals surface area contributed by atoms with Crippen LogP contribution in [0.25, 0.3) is 0 Å². The molecule has 1 aromatic rings. The van der Waals surface area contributed by atoms with Crippen LogP contribution >= 0.6 is 11.3 Å². The zero-order valence-electron chi connectivity index (χ0n) is 10.1. The summed E-state index contributed by atoms with van der Waals surface area (Å²) in [5.41, 5.74) is 5.27. The fourth-order valence-corrected chi connectivity index (χ4v) is 1.87. The zero-order valence-corrected chi connectivity index (χ0v) is 10.9. The van der Waals surface area contributed by atoms with Crippen LogP contribution in [-0.2, 0) is 4.79 Å². The molecule has 0 bridgehead atoms. The van der Waals surface area contributed by atoms with Crippen LogP contribution in [0.4, 0.5) is 5.13 Å². The van der Waals surface area contributed by atoms with E-state index in [9.17, 15) is 4.79 Å². The number of carbonyl (C=O) groups excluding carboxylic acids is 1. The van der Waals surface area contributed by atoms with Crippen molar-refractivity contribution in [3.8, 4) is 11.8 Å². The molecule has 0 spiro atoms. The van der Waals surface area contributed by atoms with E-state index in [0.717, 1.165) is 11.3 Å². The van der Waals surface area contributed by atoms with E-state index in [4.69, 9.17) is 5.73 Å². The predicted molar refractivity (Wildman–Crippen MR) is 70.7 cm³/mol. The van der Waals surface area contributed by atoms with E-state index in [-0.39, 0.29) is 5.91 Å². The molecular weight excluding hydrogens is 234 g/mol. The third-order valence-electron chi connectivity index (χ3n) is 2.30. The standard InChI is InChI=1S/C12H17N3OS/c1-3-9(2)7-11(16)15-12-14-8-10(17-12)5-4-6-13/h8-9H,3,6-7,13H2,1-2H3,(H,14,15,16). The molecule has 1 aromatic heterocycles. The average molecular weight is 251 g/mol. The first-order valence-corrected chi connectivity index (χ1v) is 6.42. The monoisotopic (exact) mass is 251 g/mol. The first-order chi connectivity index (χ1) is 8.15. The van der Waals surface area contributed by atoms with E-state index in [1.165, 1.54) is 11.3 Å². The van der Waals surface area contributed by atoms with E-state index in [2.05, 4.69) is 36.0 Å². The second-order valence-corrected chi connectivity index (χ2v) is 4.83. The lowest BCUT2D eigenvalue weighted by atomic mass is 10.1. The number of aromatic nitrogens is 1. The number of nitrogens with zero attached hydrogens (tertiary/aromatic N) is 1. The molecule has 0 aliphatic carbocycles. The van der Waals surface area contributed by atoms with Gasteiger partial charge >= 0.3 is 0 Å². The fourth-order valence-electron chi connectivity index (χ4n) is 1.16. The van der Waals surface area contributed by atoms with Gasteiger partial charge in [-0.3, -0.25) is 4.79 Å². The average Bonchev–Trinajstić information content (AvgIpc) is 2.73. The number of rotatable bonds is 4. The van der Waals surface area contributed by atoms with Gasteiger partial charge in [0.15, 0.2) is 5.13 Å². The van der Waals surface area contributed by atoms with Crippen molar-refractivity contribution < 1.29 is 4.79 Å². The van der Waals surface area contributed by atoms with Gasteiger partial charge in [-0.25, -0.2) is 4.98 Å². The van der Waals surface area contributed by atoms with E-state index in [1.807, 2.05) is 0 Å². The van der Waals surface area contributed by atoms with Crippen LogP contribution in [0.3, 0.4) is 0 Å². The number of hydrogen-bond donors (Lipinski definition) is 2. The van der Waals surface area contributed by atoms with Crippen LogP contribution < -0.4 is 11.1 Å². The molecule has 1 amide bonds. The highest BCUT2D eigenvalue weighted by Crippen LogP contribution is 2.18. The molecule has 1 heterocycles. The van der Waals surface area contributed by atoms with Crippen LogP contribution in [-0.4, -0.2) is 17.4 Å². The summed E-state index contributed by atoms with van der Waals surface area (Å²) in [5, 5.41) is 3.37. The molecule has 4 nitrogen and oxygen atoms in total. The normalized spacial score (nSPS) is 11.5. The summed E-state index contributed by atoms with van der Waals surface area (Å²) in [5.74, 6) is 6.03. The van der Waals surface area contributed by atoms with Gasteiger partial charge in [0.05, 0.1) is 17.6 Å². The minimum Gasteiger partial charge on any atom is -0.320 e. The van der Waals surface area contributed by atoms with Gasteiger partial charge in [-0.05, 0) is 5.92 Å². The molecule has 0 saturated heterocycles. The number of anilines is 1. The van der Waals surface area contributed by atoms with Gasteiger partial charge in [-0.2, -0.15) is 0 Å². The summed E-state index contributed by atoms with van der Waals surface area (Å²) in [6.45, 7) is 4.45. The highest BCUT2D eigenvalue weighted by Gasteiger charge is 2.09. The first kappa shape index (κ1) is 13.7. The van der Waals surface area contributed by atoms with Gasteiger partial charge in [0.2, 0.25) is 5.91 Å². The van der Waals surface area contributed by atoms with Gasteiger partial charge in [-0.15, -0.1) is 0 Å². The topological polar surface area (TPSA) is 68.0 Å². The SMILES string of the molecule is CCC(C)CC(=O)Nc1ncc(C#CCN)s1. The number of thiazole rings is 1. The Labute approximate surface area is 106 Å². The Morgan fingerprint density at radius 2 is 2.47 bits per heavy atom. The summed E-state index contributed by atoms with van der Waals surface area (Å²) < 4.78 is 0. The lowest BCUT2D eigenvalue weighted by Gasteiger charge is -2.06. The van der Waals surface area contributed by atoms with Crippen molar-refractivity contribution in [2.45, 2.75) is 26.7 Å². The predicted octanol–water partition coefficient (Wildman–Crippen LogP) is 1.83. The summed E-state index contributed by atoms with van der Waals surface area (Å²) in [7, 11) is 0. The van der Waals surface area contributed by atoms with Gasteiger partial charge in [0.1, 0.15) is 0 Å². The Morgan fingerprint density at radius 1 is 1.71 bits per heavy atom. The molecular formula is C12H17N3OS. The van der Waals surface area contributed by atoms with Crippen LogP contribution in [0.5, 0.6) is 0 Å². The second kappa shape index (κ2) is 7.05. The maximum atomic E-state index is 11.6. The molecule has 17 heavy (non-hydrogen) atoms. The second-order valence-electron chi connectivity index (χ2n) is 3.80. The van der Waals surface area contributed by atoms with Crippen LogP contribution in [0.1, 0.15) is 31.6 Å². The molecule has 0 aliphatic heterocycles. The van der Waals surface area contributed by atoms with E-state index in [0.29, 0.717) is 24.0 Å². The summed E-state index contributed by atoms with van der Waals surface area (Å²) in [6, 6.07) is 0. The van der Waals surface area contributed by atoms with E-state index < -0.39 is 0 Å². The molecule has 0 aromatic carbocycles. The number of carbonyl (C=O) groups is 1. The maximum Gasteiger partial charge on any atom is 0.226 e. The maximum absolute atomic E-state index is 11.6. The number of nitrogens with two attached hydrogens (primary N) is 1. The van der Waals surface area contributed by atoms with Crippen molar-refractivity contribution in [1.82, 2.24) is 4.98 Å². The number of nitrogens with one attached hydrogen (secondary N) is 1. The van der Waals surface area contributed by atoms with E-state index >= 15 is 0 Å². The van der Waals surface area contributed by atoms with Gasteiger partial charge in [0, 0.05) is 6.42 Å². The molecule has 0 aliphatic rings. The van der Waals surface area contributed by atoms with Crippen LogP contribution in [0.15, 0.2) is 6.20 Å². The molecule has 0 saturated carbocycles. The van der Waals surface area contributed by atoms with Gasteiger partial charge < -0.3 is 11.1 Å². The van der Waals surface area contributed by atoms with Gasteiger partial charge in [-0.1, -0.05) is 43.4 Å². The highest BCUT2D eigenvalue weighted by atomic mass is 32.1. The van der Waals surface area contributed by atoms with Crippen molar-refractivity contribution in [2.75, 3.05) is 11.9 Å². The molecule has 1 atom stereocenters. The van der Waals surface area contributed by atoms with Crippen molar-refractivity contribution in [2.24, 2.45) is 11.7 Å². The Balaban J connectivity index is 2.51. The Morgan fingerprint density at radius 3 is 3.12 bits per heavy atom. The van der Waals surface area contributed by atoms with Gasteiger partial charge in [0.25, 0.3) is 0 Å². The van der Waals surface area contributed by atoms with Crippen molar-refractivity contribution in [3.63, 3.8) is 0 Å². The highest BCUT2D eigenvalue weighted by molar-refractivity contribution is 7.16. The number of amides is 1. The summed E-state index contributed by atoms with van der Waals surface area (Å²) >= 11 is 1.36. The lowest BCUT2D eigenvalue weighted by Crippen LogP contribution is -2.14. The van der Waals surface area contributed by atoms with E-state index in [1.54, 1.807) is 6.20 Å². The molecule has 92 valence electrons. The number of hydrogen-bond acceptors (Lipinski definition) is 4. The fraction of sp³-hybridized carbons (Fsp3) is 0.500. The Hall–Kier alpha value is -1.38. The zero-order chi connectivity index (χ0) is 12.7. The van der Waals surface area contributed by atoms with Crippen molar-refractivity contribution in [3.05, 3.63) is 11.1 Å². The van der Waals surface area contributed by atoms with Crippen molar-refractivity contribution >= 4 is 22.4 Å². The molecule has 5 heteroatoms. The smallest absolute Gasteiger partial charge is 0.226 e. The molecule has 0 radical (unpaired) electrons. The van der Waals surface area contributed by atoms with Crippen LogP contribution in [0.2, 0.25) is 0 Å².